The molecular weight excluding hydrogens is 176 g/mol. The van der Waals surface area contributed by atoms with Crippen molar-refractivity contribution in [2.45, 2.75) is 45.2 Å². The van der Waals surface area contributed by atoms with Gasteiger partial charge in [-0.25, -0.2) is 0 Å². The van der Waals surface area contributed by atoms with Gasteiger partial charge in [0.1, 0.15) is 0 Å². The van der Waals surface area contributed by atoms with Crippen LogP contribution in [0, 0.1) is 5.92 Å². The molecule has 1 rings (SSSR count). The van der Waals surface area contributed by atoms with E-state index in [1.54, 1.807) is 0 Å². The molecule has 0 radical (unpaired) electrons. The minimum Gasteiger partial charge on any atom is -0.396 e. The summed E-state index contributed by atoms with van der Waals surface area (Å²) in [7, 11) is 0. The Bertz CT molecular complexity index is 144. The molecule has 0 aliphatic carbocycles. The number of piperidine rings is 1. The van der Waals surface area contributed by atoms with E-state index in [0.717, 1.165) is 13.1 Å². The normalized spacial score (nSPS) is 27.2. The third-order valence-corrected chi connectivity index (χ3v) is 3.24. The first-order valence-electron chi connectivity index (χ1n) is 5.81. The zero-order chi connectivity index (χ0) is 10.4. The fourth-order valence-electron chi connectivity index (χ4n) is 1.79. The standard InChI is InChI=1S/C11H24N2O/c1-9(8-14)10(2)13-7-11-5-3-4-6-12-11/h9-14H,3-8H2,1-2H3. The first kappa shape index (κ1) is 12.0. The van der Waals surface area contributed by atoms with Crippen LogP contribution in [0.2, 0.25) is 0 Å². The molecule has 0 aromatic rings. The number of rotatable bonds is 5. The molecule has 1 heterocycles. The van der Waals surface area contributed by atoms with Gasteiger partial charge in [0.2, 0.25) is 0 Å². The Balaban J connectivity index is 2.12. The van der Waals surface area contributed by atoms with E-state index in [2.05, 4.69) is 24.5 Å². The summed E-state index contributed by atoms with van der Waals surface area (Å²) >= 11 is 0. The largest absolute Gasteiger partial charge is 0.396 e. The predicted molar refractivity (Wildman–Crippen MR) is 59.4 cm³/mol. The average Bonchev–Trinajstić information content (AvgIpc) is 2.26. The molecule has 0 spiro atoms. The highest BCUT2D eigenvalue weighted by molar-refractivity contribution is 4.77. The Morgan fingerprint density at radius 1 is 1.43 bits per heavy atom. The molecule has 0 aromatic carbocycles. The van der Waals surface area contributed by atoms with Crippen LogP contribution in [-0.2, 0) is 0 Å². The van der Waals surface area contributed by atoms with Crippen molar-refractivity contribution in [3.05, 3.63) is 0 Å². The van der Waals surface area contributed by atoms with Crippen molar-refractivity contribution in [3.63, 3.8) is 0 Å². The Hall–Kier alpha value is -0.120. The van der Waals surface area contributed by atoms with Gasteiger partial charge >= 0.3 is 0 Å². The molecule has 84 valence electrons. The van der Waals surface area contributed by atoms with Crippen molar-refractivity contribution >= 4 is 0 Å². The quantitative estimate of drug-likeness (QED) is 0.613. The average molecular weight is 200 g/mol. The van der Waals surface area contributed by atoms with E-state index in [1.807, 2.05) is 0 Å². The van der Waals surface area contributed by atoms with Crippen molar-refractivity contribution in [1.29, 1.82) is 0 Å². The summed E-state index contributed by atoms with van der Waals surface area (Å²) in [5, 5.41) is 16.0. The van der Waals surface area contributed by atoms with Crippen molar-refractivity contribution in [1.82, 2.24) is 10.6 Å². The highest BCUT2D eigenvalue weighted by Crippen LogP contribution is 2.07. The Kier molecular flexibility index (Phi) is 5.45. The van der Waals surface area contributed by atoms with E-state index in [0.29, 0.717) is 18.0 Å². The number of hydrogen-bond donors (Lipinski definition) is 3. The van der Waals surface area contributed by atoms with Crippen LogP contribution in [0.4, 0.5) is 0 Å². The van der Waals surface area contributed by atoms with Crippen LogP contribution < -0.4 is 10.6 Å². The highest BCUT2D eigenvalue weighted by atomic mass is 16.3. The summed E-state index contributed by atoms with van der Waals surface area (Å²) in [6, 6.07) is 1.04. The van der Waals surface area contributed by atoms with Gasteiger partial charge in [-0.15, -0.1) is 0 Å². The Morgan fingerprint density at radius 2 is 2.21 bits per heavy atom. The molecule has 0 amide bonds. The fourth-order valence-corrected chi connectivity index (χ4v) is 1.79. The van der Waals surface area contributed by atoms with E-state index in [9.17, 15) is 0 Å². The molecule has 1 fully saturated rings. The molecule has 0 saturated carbocycles. The number of hydrogen-bond acceptors (Lipinski definition) is 3. The minimum absolute atomic E-state index is 0.270. The highest BCUT2D eigenvalue weighted by Gasteiger charge is 2.15. The smallest absolute Gasteiger partial charge is 0.0471 e. The second-order valence-corrected chi connectivity index (χ2v) is 4.50. The number of nitrogens with one attached hydrogen (secondary N) is 2. The maximum atomic E-state index is 8.99. The molecule has 3 nitrogen and oxygen atoms in total. The monoisotopic (exact) mass is 200 g/mol. The van der Waals surface area contributed by atoms with Crippen molar-refractivity contribution < 1.29 is 5.11 Å². The lowest BCUT2D eigenvalue weighted by atomic mass is 10.0. The van der Waals surface area contributed by atoms with Crippen molar-refractivity contribution in [2.75, 3.05) is 19.7 Å². The zero-order valence-corrected chi connectivity index (χ0v) is 9.42. The van der Waals surface area contributed by atoms with E-state index < -0.39 is 0 Å². The summed E-state index contributed by atoms with van der Waals surface area (Å²) in [5.74, 6) is 0.346. The summed E-state index contributed by atoms with van der Waals surface area (Å²) in [5.41, 5.74) is 0. The minimum atomic E-state index is 0.270. The Labute approximate surface area is 87.3 Å². The van der Waals surface area contributed by atoms with Gasteiger partial charge in [0, 0.05) is 25.2 Å². The van der Waals surface area contributed by atoms with Crippen LogP contribution in [0.1, 0.15) is 33.1 Å². The van der Waals surface area contributed by atoms with Gasteiger partial charge in [0.25, 0.3) is 0 Å². The van der Waals surface area contributed by atoms with Gasteiger partial charge in [-0.3, -0.25) is 0 Å². The van der Waals surface area contributed by atoms with Gasteiger partial charge in [0.05, 0.1) is 0 Å². The zero-order valence-electron chi connectivity index (χ0n) is 9.42. The van der Waals surface area contributed by atoms with Crippen LogP contribution in [0.15, 0.2) is 0 Å². The molecule has 3 heteroatoms. The predicted octanol–water partition coefficient (Wildman–Crippen LogP) is 0.735. The molecule has 3 unspecified atom stereocenters. The SMILES string of the molecule is CC(CO)C(C)NCC1CCCCN1. The second-order valence-electron chi connectivity index (χ2n) is 4.50. The van der Waals surface area contributed by atoms with Crippen LogP contribution in [0.5, 0.6) is 0 Å². The number of aliphatic hydroxyl groups excluding tert-OH is 1. The second kappa shape index (κ2) is 6.38. The van der Waals surface area contributed by atoms with Crippen LogP contribution >= 0.6 is 0 Å². The van der Waals surface area contributed by atoms with Crippen molar-refractivity contribution in [2.24, 2.45) is 5.92 Å². The molecule has 14 heavy (non-hydrogen) atoms. The molecule has 3 atom stereocenters. The third kappa shape index (κ3) is 3.95. The first-order valence-corrected chi connectivity index (χ1v) is 5.81. The van der Waals surface area contributed by atoms with Crippen LogP contribution in [0.3, 0.4) is 0 Å². The maximum Gasteiger partial charge on any atom is 0.0471 e. The lowest BCUT2D eigenvalue weighted by Crippen LogP contribution is -2.45. The summed E-state index contributed by atoms with van der Waals surface area (Å²) in [6.07, 6.45) is 3.95. The van der Waals surface area contributed by atoms with E-state index in [-0.39, 0.29) is 6.61 Å². The summed E-state index contributed by atoms with van der Waals surface area (Å²) in [4.78, 5) is 0. The van der Waals surface area contributed by atoms with Gasteiger partial charge < -0.3 is 15.7 Å². The van der Waals surface area contributed by atoms with Gasteiger partial charge in [-0.2, -0.15) is 0 Å². The lowest BCUT2D eigenvalue weighted by Gasteiger charge is -2.27. The molecular formula is C11H24N2O. The van der Waals surface area contributed by atoms with Gasteiger partial charge in [-0.05, 0) is 32.2 Å². The van der Waals surface area contributed by atoms with Crippen LogP contribution in [-0.4, -0.2) is 36.9 Å². The first-order chi connectivity index (χ1) is 6.74. The molecule has 0 bridgehead atoms. The van der Waals surface area contributed by atoms with Gasteiger partial charge in [0.15, 0.2) is 0 Å². The third-order valence-electron chi connectivity index (χ3n) is 3.24. The molecule has 3 N–H and O–H groups in total. The topological polar surface area (TPSA) is 44.3 Å². The van der Waals surface area contributed by atoms with E-state index in [4.69, 9.17) is 5.11 Å². The number of aliphatic hydroxyl groups is 1. The molecule has 1 saturated heterocycles. The lowest BCUT2D eigenvalue weighted by molar-refractivity contribution is 0.204. The molecule has 1 aliphatic heterocycles. The summed E-state index contributed by atoms with van der Waals surface area (Å²) in [6.45, 7) is 6.68. The van der Waals surface area contributed by atoms with Crippen molar-refractivity contribution in [3.8, 4) is 0 Å². The summed E-state index contributed by atoms with van der Waals surface area (Å²) < 4.78 is 0. The van der Waals surface area contributed by atoms with Crippen LogP contribution in [0.25, 0.3) is 0 Å². The molecule has 0 aromatic heterocycles. The van der Waals surface area contributed by atoms with Gasteiger partial charge in [-0.1, -0.05) is 13.3 Å². The maximum absolute atomic E-state index is 8.99. The van der Waals surface area contributed by atoms with E-state index >= 15 is 0 Å². The molecule has 1 aliphatic rings. The fraction of sp³-hybridized carbons (Fsp3) is 1.00. The van der Waals surface area contributed by atoms with E-state index in [1.165, 1.54) is 19.3 Å². The Morgan fingerprint density at radius 3 is 2.79 bits per heavy atom.